The lowest BCUT2D eigenvalue weighted by atomic mass is 10.1. The number of nitro groups is 1. The van der Waals surface area contributed by atoms with E-state index >= 15 is 0 Å². The Hall–Kier alpha value is -3.79. The number of carboxylic acids is 1. The van der Waals surface area contributed by atoms with Gasteiger partial charge in [-0.05, 0) is 30.3 Å². The average Bonchev–Trinajstić information content (AvgIpc) is 2.70. The van der Waals surface area contributed by atoms with E-state index in [1.54, 1.807) is 18.2 Å². The van der Waals surface area contributed by atoms with E-state index in [0.717, 1.165) is 24.3 Å². The molecule has 0 heterocycles. The van der Waals surface area contributed by atoms with Crippen molar-refractivity contribution in [2.24, 2.45) is 0 Å². The number of aromatic carboxylic acids is 1. The molecule has 0 atom stereocenters. The van der Waals surface area contributed by atoms with Crippen molar-refractivity contribution in [2.45, 2.75) is 6.18 Å². The minimum Gasteiger partial charge on any atom is -0.477 e. The molecule has 0 radical (unpaired) electrons. The van der Waals surface area contributed by atoms with Gasteiger partial charge in [-0.2, -0.15) is 13.2 Å². The van der Waals surface area contributed by atoms with Gasteiger partial charge in [-0.15, -0.1) is 0 Å². The fourth-order valence-electron chi connectivity index (χ4n) is 2.58. The number of nitrogens with zero attached hydrogens (tertiary/aromatic N) is 1. The molecule has 0 aliphatic carbocycles. The molecule has 7 nitrogen and oxygen atoms in total. The first-order valence-corrected chi connectivity index (χ1v) is 8.78. The number of hydrogen-bond acceptors (Lipinski definition) is 5. The molecule has 11 heteroatoms. The summed E-state index contributed by atoms with van der Waals surface area (Å²) >= 11 is 6.13. The van der Waals surface area contributed by atoms with Crippen molar-refractivity contribution < 1.29 is 37.5 Å². The Balaban J connectivity index is 2.05. The highest BCUT2D eigenvalue weighted by Crippen LogP contribution is 2.47. The first-order chi connectivity index (χ1) is 14.6. The van der Waals surface area contributed by atoms with Crippen molar-refractivity contribution in [1.82, 2.24) is 0 Å². The molecule has 0 aromatic heterocycles. The van der Waals surface area contributed by atoms with Crippen LogP contribution in [0.25, 0.3) is 0 Å². The van der Waals surface area contributed by atoms with Gasteiger partial charge in [0, 0.05) is 12.1 Å². The van der Waals surface area contributed by atoms with Crippen molar-refractivity contribution >= 4 is 23.3 Å². The van der Waals surface area contributed by atoms with Crippen LogP contribution in [0.3, 0.4) is 0 Å². The smallest absolute Gasteiger partial charge is 0.420 e. The minimum atomic E-state index is -4.78. The zero-order valence-corrected chi connectivity index (χ0v) is 16.0. The highest BCUT2D eigenvalue weighted by atomic mass is 35.5. The summed E-state index contributed by atoms with van der Waals surface area (Å²) in [5, 5.41) is 19.6. The van der Waals surface area contributed by atoms with Gasteiger partial charge in [0.15, 0.2) is 5.75 Å². The molecule has 0 bridgehead atoms. The standard InChI is InChI=1S/C20H11ClF3NO6/c21-17-16(30-12-6-8-15(25(28)29)13(10-12)19(26)27)9-7-14(20(22,23)24)18(17)31-11-4-2-1-3-5-11/h1-10H,(H,26,27). The lowest BCUT2D eigenvalue weighted by Gasteiger charge is -2.17. The number of rotatable bonds is 6. The zero-order valence-electron chi connectivity index (χ0n) is 15.2. The number of benzene rings is 3. The summed E-state index contributed by atoms with van der Waals surface area (Å²) in [5.74, 6) is -2.65. The Bertz CT molecular complexity index is 1150. The Morgan fingerprint density at radius 1 is 1.00 bits per heavy atom. The third-order valence-corrected chi connectivity index (χ3v) is 4.31. The van der Waals surface area contributed by atoms with Crippen LogP contribution in [0.15, 0.2) is 60.7 Å². The molecule has 160 valence electrons. The Morgan fingerprint density at radius 2 is 1.68 bits per heavy atom. The van der Waals surface area contributed by atoms with Crippen LogP contribution in [0, 0.1) is 10.1 Å². The molecule has 0 unspecified atom stereocenters. The zero-order chi connectivity index (χ0) is 22.8. The summed E-state index contributed by atoms with van der Waals surface area (Å²) in [7, 11) is 0. The fraction of sp³-hybridized carbons (Fsp3) is 0.0500. The SMILES string of the molecule is O=C(O)c1cc(Oc2ccc(C(F)(F)F)c(Oc3ccccc3)c2Cl)ccc1[N+](=O)[O-]. The number of alkyl halides is 3. The van der Waals surface area contributed by atoms with E-state index in [4.69, 9.17) is 26.2 Å². The molecule has 0 saturated carbocycles. The summed E-state index contributed by atoms with van der Waals surface area (Å²) < 4.78 is 51.1. The van der Waals surface area contributed by atoms with Crippen LogP contribution < -0.4 is 9.47 Å². The van der Waals surface area contributed by atoms with E-state index in [2.05, 4.69) is 0 Å². The van der Waals surface area contributed by atoms with Crippen molar-refractivity contribution in [3.63, 3.8) is 0 Å². The van der Waals surface area contributed by atoms with Crippen molar-refractivity contribution in [3.8, 4) is 23.0 Å². The predicted molar refractivity (Wildman–Crippen MR) is 103 cm³/mol. The second-order valence-electron chi connectivity index (χ2n) is 6.01. The van der Waals surface area contributed by atoms with Crippen molar-refractivity contribution in [3.05, 3.63) is 86.9 Å². The second-order valence-corrected chi connectivity index (χ2v) is 6.39. The van der Waals surface area contributed by atoms with Crippen molar-refractivity contribution in [2.75, 3.05) is 0 Å². The number of carbonyl (C=O) groups is 1. The molecule has 0 aliphatic rings. The van der Waals surface area contributed by atoms with Gasteiger partial charge in [0.1, 0.15) is 27.8 Å². The maximum atomic E-state index is 13.4. The highest BCUT2D eigenvalue weighted by molar-refractivity contribution is 6.33. The van der Waals surface area contributed by atoms with Crippen LogP contribution in [0.2, 0.25) is 5.02 Å². The number of ether oxygens (including phenoxy) is 2. The number of para-hydroxylation sites is 1. The molecule has 0 spiro atoms. The third-order valence-electron chi connectivity index (χ3n) is 3.95. The monoisotopic (exact) mass is 453 g/mol. The van der Waals surface area contributed by atoms with E-state index in [0.29, 0.717) is 6.07 Å². The average molecular weight is 454 g/mol. The molecule has 31 heavy (non-hydrogen) atoms. The highest BCUT2D eigenvalue weighted by Gasteiger charge is 2.37. The van der Waals surface area contributed by atoms with E-state index in [-0.39, 0.29) is 17.2 Å². The first kappa shape index (κ1) is 21.9. The quantitative estimate of drug-likeness (QED) is 0.335. The molecular formula is C20H11ClF3NO6. The van der Waals surface area contributed by atoms with Gasteiger partial charge in [-0.3, -0.25) is 10.1 Å². The minimum absolute atomic E-state index is 0.0931. The summed E-state index contributed by atoms with van der Waals surface area (Å²) in [5.41, 5.74) is -2.48. The van der Waals surface area contributed by atoms with Crippen LogP contribution in [0.5, 0.6) is 23.0 Å². The number of nitro benzene ring substituents is 1. The molecule has 0 saturated heterocycles. The summed E-state index contributed by atoms with van der Waals surface area (Å²) in [6, 6.07) is 12.1. The number of halogens is 4. The van der Waals surface area contributed by atoms with Crippen LogP contribution in [-0.4, -0.2) is 16.0 Å². The third kappa shape index (κ3) is 4.86. The summed E-state index contributed by atoms with van der Waals surface area (Å²) in [4.78, 5) is 21.4. The van der Waals surface area contributed by atoms with Crippen LogP contribution >= 0.6 is 11.6 Å². The lowest BCUT2D eigenvalue weighted by molar-refractivity contribution is -0.385. The largest absolute Gasteiger partial charge is 0.477 e. The van der Waals surface area contributed by atoms with Crippen LogP contribution in [0.4, 0.5) is 18.9 Å². The molecule has 0 fully saturated rings. The van der Waals surface area contributed by atoms with Crippen LogP contribution in [0.1, 0.15) is 15.9 Å². The molecular weight excluding hydrogens is 443 g/mol. The van der Waals surface area contributed by atoms with Crippen molar-refractivity contribution in [1.29, 1.82) is 0 Å². The molecule has 1 N–H and O–H groups in total. The lowest BCUT2D eigenvalue weighted by Crippen LogP contribution is -2.08. The molecule has 3 aromatic carbocycles. The molecule has 3 aromatic rings. The fourth-order valence-corrected chi connectivity index (χ4v) is 2.82. The van der Waals surface area contributed by atoms with Crippen LogP contribution in [-0.2, 0) is 6.18 Å². The van der Waals surface area contributed by atoms with Gasteiger partial charge in [-0.1, -0.05) is 29.8 Å². The first-order valence-electron chi connectivity index (χ1n) is 8.40. The van der Waals surface area contributed by atoms with Gasteiger partial charge < -0.3 is 14.6 Å². The number of hydrogen-bond donors (Lipinski definition) is 1. The van der Waals surface area contributed by atoms with Gasteiger partial charge in [0.05, 0.1) is 10.5 Å². The van der Waals surface area contributed by atoms with Gasteiger partial charge in [0.25, 0.3) is 5.69 Å². The Morgan fingerprint density at radius 3 is 2.26 bits per heavy atom. The van der Waals surface area contributed by atoms with E-state index < -0.39 is 44.7 Å². The normalized spacial score (nSPS) is 11.1. The van der Waals surface area contributed by atoms with E-state index in [1.165, 1.54) is 12.1 Å². The maximum Gasteiger partial charge on any atom is 0.420 e. The predicted octanol–water partition coefficient (Wildman–Crippen LogP) is 6.55. The van der Waals surface area contributed by atoms with Gasteiger partial charge in [0.2, 0.25) is 0 Å². The number of carboxylic acid groups (broad SMARTS) is 1. The maximum absolute atomic E-state index is 13.4. The molecule has 3 rings (SSSR count). The van der Waals surface area contributed by atoms with Gasteiger partial charge >= 0.3 is 12.1 Å². The van der Waals surface area contributed by atoms with E-state index in [9.17, 15) is 28.1 Å². The second kappa shape index (κ2) is 8.52. The summed E-state index contributed by atoms with van der Waals surface area (Å²) in [6.07, 6.45) is -4.78. The topological polar surface area (TPSA) is 98.9 Å². The summed E-state index contributed by atoms with van der Waals surface area (Å²) in [6.45, 7) is 0. The Kier molecular flexibility index (Phi) is 6.02. The van der Waals surface area contributed by atoms with Gasteiger partial charge in [-0.25, -0.2) is 4.79 Å². The molecule has 0 aliphatic heterocycles. The Labute approximate surface area is 177 Å². The van der Waals surface area contributed by atoms with E-state index in [1.807, 2.05) is 0 Å². The molecule has 0 amide bonds.